The van der Waals surface area contributed by atoms with E-state index in [2.05, 4.69) is 15.3 Å². The van der Waals surface area contributed by atoms with Crippen LogP contribution in [0.2, 0.25) is 0 Å². The summed E-state index contributed by atoms with van der Waals surface area (Å²) in [4.78, 5) is 8.46. The third-order valence-electron chi connectivity index (χ3n) is 4.49. The molecule has 0 aliphatic heterocycles. The van der Waals surface area contributed by atoms with Crippen molar-refractivity contribution in [1.29, 1.82) is 0 Å². The highest BCUT2D eigenvalue weighted by atomic mass is 19.4. The van der Waals surface area contributed by atoms with Gasteiger partial charge in [-0.2, -0.15) is 13.2 Å². The topological polar surface area (TPSA) is 56.1 Å². The maximum Gasteiger partial charge on any atom is 0.437 e. The van der Waals surface area contributed by atoms with Gasteiger partial charge in [-0.15, -0.1) is 4.68 Å². The molecular weight excluding hydrogens is 383 g/mol. The zero-order chi connectivity index (χ0) is 20.6. The zero-order valence-electron chi connectivity index (χ0n) is 15.6. The first kappa shape index (κ1) is 18.7. The molecule has 0 aliphatic rings. The zero-order valence-corrected chi connectivity index (χ0v) is 15.6. The molecule has 0 atom stereocenters. The number of aryl methyl sites for hydroxylation is 1. The molecule has 1 aromatic carbocycles. The van der Waals surface area contributed by atoms with Gasteiger partial charge in [-0.1, -0.05) is 4.52 Å². The SMILES string of the molecule is COc1ccc(Nc2ccnc(-c3c(C(F)(F)F)n(C)[n+]4ccccc34)n2)cc1. The maximum absolute atomic E-state index is 13.8. The van der Waals surface area contributed by atoms with E-state index < -0.39 is 11.9 Å². The summed E-state index contributed by atoms with van der Waals surface area (Å²) in [5, 5.41) is 3.08. The van der Waals surface area contributed by atoms with Crippen molar-refractivity contribution in [2.75, 3.05) is 12.4 Å². The van der Waals surface area contributed by atoms with Crippen LogP contribution in [0.15, 0.2) is 60.9 Å². The first-order valence-electron chi connectivity index (χ1n) is 8.69. The van der Waals surface area contributed by atoms with Crippen LogP contribution in [0.25, 0.3) is 16.9 Å². The van der Waals surface area contributed by atoms with Gasteiger partial charge in [0.1, 0.15) is 17.1 Å². The number of methoxy groups -OCH3 is 1. The quantitative estimate of drug-likeness (QED) is 0.527. The van der Waals surface area contributed by atoms with Gasteiger partial charge in [0.05, 0.1) is 14.2 Å². The number of fused-ring (bicyclic) bond motifs is 1. The van der Waals surface area contributed by atoms with E-state index in [4.69, 9.17) is 4.74 Å². The van der Waals surface area contributed by atoms with Gasteiger partial charge in [0.2, 0.25) is 11.7 Å². The van der Waals surface area contributed by atoms with Crippen molar-refractivity contribution in [2.45, 2.75) is 6.18 Å². The lowest BCUT2D eigenvalue weighted by Gasteiger charge is -2.09. The molecule has 0 bridgehead atoms. The average molecular weight is 400 g/mol. The molecule has 3 heterocycles. The normalized spacial score (nSPS) is 11.6. The Morgan fingerprint density at radius 3 is 2.52 bits per heavy atom. The van der Waals surface area contributed by atoms with Crippen LogP contribution in [0, 0.1) is 0 Å². The van der Waals surface area contributed by atoms with Gasteiger partial charge in [-0.25, -0.2) is 9.97 Å². The molecule has 0 amide bonds. The Morgan fingerprint density at radius 1 is 1.07 bits per heavy atom. The van der Waals surface area contributed by atoms with E-state index in [9.17, 15) is 13.2 Å². The summed E-state index contributed by atoms with van der Waals surface area (Å²) >= 11 is 0. The first-order valence-corrected chi connectivity index (χ1v) is 8.69. The summed E-state index contributed by atoms with van der Waals surface area (Å²) < 4.78 is 49.1. The molecule has 148 valence electrons. The molecular formula is C20H17F3N5O+. The van der Waals surface area contributed by atoms with Gasteiger partial charge < -0.3 is 10.1 Å². The summed E-state index contributed by atoms with van der Waals surface area (Å²) in [7, 11) is 2.93. The number of hydrogen-bond acceptors (Lipinski definition) is 4. The van der Waals surface area contributed by atoms with Crippen molar-refractivity contribution in [3.05, 3.63) is 66.6 Å². The smallest absolute Gasteiger partial charge is 0.437 e. The number of benzene rings is 1. The number of nitrogens with one attached hydrogen (secondary N) is 1. The Morgan fingerprint density at radius 2 is 1.83 bits per heavy atom. The summed E-state index contributed by atoms with van der Waals surface area (Å²) in [6.07, 6.45) is -1.58. The minimum absolute atomic E-state index is 0.0138. The van der Waals surface area contributed by atoms with Crippen LogP contribution in [-0.4, -0.2) is 21.8 Å². The number of aromatic nitrogens is 4. The fourth-order valence-corrected chi connectivity index (χ4v) is 3.20. The lowest BCUT2D eigenvalue weighted by atomic mass is 10.1. The van der Waals surface area contributed by atoms with Gasteiger partial charge >= 0.3 is 6.18 Å². The molecule has 0 aliphatic carbocycles. The van der Waals surface area contributed by atoms with Crippen LogP contribution in [0.4, 0.5) is 24.7 Å². The lowest BCUT2D eigenvalue weighted by molar-refractivity contribution is -0.609. The van der Waals surface area contributed by atoms with Crippen LogP contribution in [-0.2, 0) is 13.2 Å². The molecule has 0 radical (unpaired) electrons. The largest absolute Gasteiger partial charge is 0.497 e. The molecule has 6 nitrogen and oxygen atoms in total. The molecule has 0 saturated heterocycles. The van der Waals surface area contributed by atoms with Crippen LogP contribution >= 0.6 is 0 Å². The Hall–Kier alpha value is -3.62. The summed E-state index contributed by atoms with van der Waals surface area (Å²) in [5.74, 6) is 1.06. The highest BCUT2D eigenvalue weighted by Gasteiger charge is 2.43. The van der Waals surface area contributed by atoms with Crippen LogP contribution in [0.5, 0.6) is 5.75 Å². The molecule has 0 unspecified atom stereocenters. The van der Waals surface area contributed by atoms with E-state index in [1.165, 1.54) is 17.8 Å². The second-order valence-electron chi connectivity index (χ2n) is 6.29. The Balaban J connectivity index is 1.81. The molecule has 9 heteroatoms. The number of anilines is 2. The second-order valence-corrected chi connectivity index (χ2v) is 6.29. The number of alkyl halides is 3. The molecule has 0 spiro atoms. The molecule has 0 fully saturated rings. The van der Waals surface area contributed by atoms with Crippen molar-refractivity contribution >= 4 is 17.0 Å². The van der Waals surface area contributed by atoms with Gasteiger partial charge in [-0.05, 0) is 36.4 Å². The molecule has 3 aromatic heterocycles. The molecule has 0 saturated carbocycles. The average Bonchev–Trinajstić information content (AvgIpc) is 3.02. The molecule has 4 aromatic rings. The summed E-state index contributed by atoms with van der Waals surface area (Å²) in [6.45, 7) is 0. The van der Waals surface area contributed by atoms with Crippen molar-refractivity contribution in [1.82, 2.24) is 14.6 Å². The first-order chi connectivity index (χ1) is 13.9. The molecule has 29 heavy (non-hydrogen) atoms. The van der Waals surface area contributed by atoms with Gasteiger partial charge in [0.15, 0.2) is 11.5 Å². The van der Waals surface area contributed by atoms with Crippen molar-refractivity contribution in [2.24, 2.45) is 7.05 Å². The van der Waals surface area contributed by atoms with Gasteiger partial charge in [-0.3, -0.25) is 0 Å². The van der Waals surface area contributed by atoms with E-state index >= 15 is 0 Å². The molecule has 1 N–H and O–H groups in total. The number of hydrogen-bond donors (Lipinski definition) is 1. The monoisotopic (exact) mass is 400 g/mol. The predicted octanol–water partition coefficient (Wildman–Crippen LogP) is 3.99. The van der Waals surface area contributed by atoms with E-state index in [1.807, 2.05) is 0 Å². The Bertz CT molecular complexity index is 1170. The third kappa shape index (κ3) is 3.46. The number of rotatable bonds is 4. The van der Waals surface area contributed by atoms with E-state index in [0.29, 0.717) is 17.1 Å². The van der Waals surface area contributed by atoms with Crippen molar-refractivity contribution in [3.8, 4) is 17.1 Å². The summed E-state index contributed by atoms with van der Waals surface area (Å²) in [6, 6.07) is 13.7. The highest BCUT2D eigenvalue weighted by Crippen LogP contribution is 2.37. The molecule has 4 rings (SSSR count). The maximum atomic E-state index is 13.8. The van der Waals surface area contributed by atoms with Gasteiger partial charge in [0.25, 0.3) is 0 Å². The fourth-order valence-electron chi connectivity index (χ4n) is 3.20. The second kappa shape index (κ2) is 7.08. The van der Waals surface area contributed by atoms with Crippen molar-refractivity contribution < 1.29 is 22.4 Å². The van der Waals surface area contributed by atoms with E-state index in [-0.39, 0.29) is 11.4 Å². The summed E-state index contributed by atoms with van der Waals surface area (Å²) in [5.41, 5.74) is 0.201. The van der Waals surface area contributed by atoms with Crippen molar-refractivity contribution in [3.63, 3.8) is 0 Å². The van der Waals surface area contributed by atoms with Crippen LogP contribution < -0.4 is 14.6 Å². The Labute approximate surface area is 164 Å². The van der Waals surface area contributed by atoms with Crippen LogP contribution in [0.1, 0.15) is 5.69 Å². The number of ether oxygens (including phenoxy) is 1. The number of pyridine rings is 1. The van der Waals surface area contributed by atoms with E-state index in [1.54, 1.807) is 61.8 Å². The number of halogens is 3. The minimum atomic E-state index is -4.57. The standard InChI is InChI=1S/C20H17F3N5O/c1-27-18(20(21,22)23)17(15-5-3-4-12-28(15)27)19-24-11-10-16(26-19)25-13-6-8-14(29-2)9-7-13/h3-12H,1-2H3,(H,24,25,26)/q+1. The Kier molecular flexibility index (Phi) is 4.57. The predicted molar refractivity (Wildman–Crippen MR) is 101 cm³/mol. The minimum Gasteiger partial charge on any atom is -0.497 e. The van der Waals surface area contributed by atoms with Crippen LogP contribution in [0.3, 0.4) is 0 Å². The lowest BCUT2D eigenvalue weighted by Crippen LogP contribution is -2.32. The third-order valence-corrected chi connectivity index (χ3v) is 4.49. The highest BCUT2D eigenvalue weighted by molar-refractivity contribution is 5.76. The fraction of sp³-hybridized carbons (Fsp3) is 0.150. The van der Waals surface area contributed by atoms with E-state index in [0.717, 1.165) is 10.4 Å². The van der Waals surface area contributed by atoms with Gasteiger partial charge in [0, 0.05) is 24.0 Å². The number of nitrogens with zero attached hydrogens (tertiary/aromatic N) is 4.